The van der Waals surface area contributed by atoms with Gasteiger partial charge >= 0.3 is 0 Å². The standard InChI is InChI=1S/C22H24N2O2S/c1-13-6-21-16(7-17(25)11-26-21)8-18(13)14(2)24-12-23-19-9-15-4-3-5-27-22(15)10-20(19)24/h6,8-10,12,14,17,25H,3-5,7,11H2,1-2H3. The molecule has 0 radical (unpaired) electrons. The molecular weight excluding hydrogens is 356 g/mol. The maximum absolute atomic E-state index is 9.95. The molecule has 5 heteroatoms. The van der Waals surface area contributed by atoms with Gasteiger partial charge < -0.3 is 14.4 Å². The van der Waals surface area contributed by atoms with Gasteiger partial charge in [-0.25, -0.2) is 4.98 Å². The highest BCUT2D eigenvalue weighted by Crippen LogP contribution is 2.36. The van der Waals surface area contributed by atoms with Crippen molar-refractivity contribution in [2.45, 2.75) is 50.2 Å². The number of fused-ring (bicyclic) bond motifs is 3. The van der Waals surface area contributed by atoms with Gasteiger partial charge in [0.2, 0.25) is 0 Å². The Kier molecular flexibility index (Phi) is 4.17. The van der Waals surface area contributed by atoms with E-state index in [0.29, 0.717) is 13.0 Å². The highest BCUT2D eigenvalue weighted by molar-refractivity contribution is 7.99. The number of rotatable bonds is 2. The van der Waals surface area contributed by atoms with E-state index in [1.165, 1.54) is 39.3 Å². The summed E-state index contributed by atoms with van der Waals surface area (Å²) in [5, 5.41) is 9.95. The van der Waals surface area contributed by atoms with Crippen LogP contribution in [0.3, 0.4) is 0 Å². The van der Waals surface area contributed by atoms with E-state index in [2.05, 4.69) is 42.7 Å². The molecule has 5 rings (SSSR count). The van der Waals surface area contributed by atoms with Crippen LogP contribution in [-0.2, 0) is 12.8 Å². The summed E-state index contributed by atoms with van der Waals surface area (Å²) < 4.78 is 7.98. The minimum atomic E-state index is -0.416. The zero-order valence-corrected chi connectivity index (χ0v) is 16.6. The fourth-order valence-electron chi connectivity index (χ4n) is 4.32. The van der Waals surface area contributed by atoms with Crippen molar-refractivity contribution in [3.63, 3.8) is 0 Å². The second-order valence-electron chi connectivity index (χ2n) is 7.71. The zero-order valence-electron chi connectivity index (χ0n) is 15.7. The molecule has 0 bridgehead atoms. The number of hydrogen-bond acceptors (Lipinski definition) is 4. The quantitative estimate of drug-likeness (QED) is 0.721. The van der Waals surface area contributed by atoms with Gasteiger partial charge in [-0.1, -0.05) is 0 Å². The third kappa shape index (κ3) is 2.93. The van der Waals surface area contributed by atoms with Crippen molar-refractivity contribution in [1.29, 1.82) is 0 Å². The van der Waals surface area contributed by atoms with Crippen LogP contribution in [0.1, 0.15) is 41.6 Å². The van der Waals surface area contributed by atoms with Gasteiger partial charge in [0, 0.05) is 11.3 Å². The van der Waals surface area contributed by atoms with Crippen LogP contribution in [0.2, 0.25) is 0 Å². The van der Waals surface area contributed by atoms with Crippen LogP contribution in [0.4, 0.5) is 0 Å². The highest BCUT2D eigenvalue weighted by atomic mass is 32.2. The topological polar surface area (TPSA) is 47.3 Å². The van der Waals surface area contributed by atoms with E-state index in [0.717, 1.165) is 23.3 Å². The summed E-state index contributed by atoms with van der Waals surface area (Å²) in [7, 11) is 0. The Morgan fingerprint density at radius 3 is 3.04 bits per heavy atom. The molecule has 2 aliphatic rings. The predicted molar refractivity (Wildman–Crippen MR) is 109 cm³/mol. The molecule has 27 heavy (non-hydrogen) atoms. The van der Waals surface area contributed by atoms with Crippen molar-refractivity contribution < 1.29 is 9.84 Å². The number of aromatic nitrogens is 2. The average molecular weight is 381 g/mol. The minimum Gasteiger partial charge on any atom is -0.491 e. The van der Waals surface area contributed by atoms with E-state index in [-0.39, 0.29) is 6.04 Å². The van der Waals surface area contributed by atoms with Crippen molar-refractivity contribution in [2.75, 3.05) is 12.4 Å². The van der Waals surface area contributed by atoms with Gasteiger partial charge in [-0.05, 0) is 79.0 Å². The van der Waals surface area contributed by atoms with E-state index in [9.17, 15) is 5.11 Å². The van der Waals surface area contributed by atoms with Crippen molar-refractivity contribution >= 4 is 22.8 Å². The fraction of sp³-hybridized carbons (Fsp3) is 0.409. The lowest BCUT2D eigenvalue weighted by atomic mass is 9.94. The first-order valence-corrected chi connectivity index (χ1v) is 10.7. The molecule has 2 aromatic carbocycles. The Labute approximate surface area is 163 Å². The summed E-state index contributed by atoms with van der Waals surface area (Å²) in [6.45, 7) is 4.75. The molecule has 0 aliphatic carbocycles. The predicted octanol–water partition coefficient (Wildman–Crippen LogP) is 4.29. The number of nitrogens with zero attached hydrogens (tertiary/aromatic N) is 2. The summed E-state index contributed by atoms with van der Waals surface area (Å²) in [5.41, 5.74) is 7.29. The van der Waals surface area contributed by atoms with E-state index >= 15 is 0 Å². The van der Waals surface area contributed by atoms with Crippen LogP contribution in [-0.4, -0.2) is 33.1 Å². The largest absolute Gasteiger partial charge is 0.491 e. The molecule has 4 nitrogen and oxygen atoms in total. The van der Waals surface area contributed by atoms with Crippen molar-refractivity contribution in [3.8, 4) is 5.75 Å². The molecule has 0 fully saturated rings. The summed E-state index contributed by atoms with van der Waals surface area (Å²) >= 11 is 1.96. The number of hydrogen-bond donors (Lipinski definition) is 1. The molecule has 140 valence electrons. The van der Waals surface area contributed by atoms with E-state index in [1.54, 1.807) is 0 Å². The van der Waals surface area contributed by atoms with Crippen LogP contribution in [0.15, 0.2) is 35.5 Å². The SMILES string of the molecule is Cc1cc2c(cc1C(C)n1cnc3cc4c(cc31)SCCC4)CC(O)CO2. The number of aryl methyl sites for hydroxylation is 2. The van der Waals surface area contributed by atoms with Crippen LogP contribution >= 0.6 is 11.8 Å². The maximum Gasteiger partial charge on any atom is 0.123 e. The molecule has 1 aromatic heterocycles. The van der Waals surface area contributed by atoms with Gasteiger partial charge in [-0.3, -0.25) is 0 Å². The number of thioether (sulfide) groups is 1. The summed E-state index contributed by atoms with van der Waals surface area (Å²) in [4.78, 5) is 6.10. The average Bonchev–Trinajstić information content (AvgIpc) is 3.08. The van der Waals surface area contributed by atoms with Crippen molar-refractivity contribution in [1.82, 2.24) is 9.55 Å². The zero-order chi connectivity index (χ0) is 18.5. The summed E-state index contributed by atoms with van der Waals surface area (Å²) in [6.07, 6.45) is 4.62. The Morgan fingerprint density at radius 2 is 2.15 bits per heavy atom. The first-order valence-electron chi connectivity index (χ1n) is 9.66. The molecular formula is C22H24N2O2S. The smallest absolute Gasteiger partial charge is 0.123 e. The van der Waals surface area contributed by atoms with Crippen LogP contribution < -0.4 is 4.74 Å². The first kappa shape index (κ1) is 17.1. The Hall–Kier alpha value is -1.98. The van der Waals surface area contributed by atoms with Crippen molar-refractivity contribution in [2.24, 2.45) is 0 Å². The van der Waals surface area contributed by atoms with Gasteiger partial charge in [-0.15, -0.1) is 11.8 Å². The fourth-order valence-corrected chi connectivity index (χ4v) is 5.37. The Morgan fingerprint density at radius 1 is 1.26 bits per heavy atom. The van der Waals surface area contributed by atoms with E-state index < -0.39 is 6.10 Å². The third-order valence-electron chi connectivity index (χ3n) is 5.81. The van der Waals surface area contributed by atoms with Gasteiger partial charge in [0.1, 0.15) is 12.4 Å². The van der Waals surface area contributed by atoms with Gasteiger partial charge in [0.05, 0.1) is 29.5 Å². The molecule has 0 spiro atoms. The van der Waals surface area contributed by atoms with E-state index in [1.807, 2.05) is 18.1 Å². The van der Waals surface area contributed by atoms with Crippen LogP contribution in [0.5, 0.6) is 5.75 Å². The number of aliphatic hydroxyl groups excluding tert-OH is 1. The normalized spacial score (nSPS) is 20.0. The van der Waals surface area contributed by atoms with Gasteiger partial charge in [-0.2, -0.15) is 0 Å². The molecule has 0 amide bonds. The number of ether oxygens (including phenoxy) is 1. The maximum atomic E-state index is 9.95. The molecule has 2 unspecified atom stereocenters. The highest BCUT2D eigenvalue weighted by Gasteiger charge is 2.22. The Balaban J connectivity index is 1.58. The summed E-state index contributed by atoms with van der Waals surface area (Å²) in [6, 6.07) is 9.08. The van der Waals surface area contributed by atoms with Gasteiger partial charge in [0.25, 0.3) is 0 Å². The molecule has 2 aliphatic heterocycles. The van der Waals surface area contributed by atoms with Crippen LogP contribution in [0, 0.1) is 6.92 Å². The molecule has 0 saturated carbocycles. The minimum absolute atomic E-state index is 0.172. The lowest BCUT2D eigenvalue weighted by molar-refractivity contribution is 0.0920. The first-order chi connectivity index (χ1) is 13.1. The molecule has 0 saturated heterocycles. The van der Waals surface area contributed by atoms with Gasteiger partial charge in [0.15, 0.2) is 0 Å². The number of imidazole rings is 1. The molecule has 3 heterocycles. The monoisotopic (exact) mass is 380 g/mol. The summed E-state index contributed by atoms with van der Waals surface area (Å²) in [5.74, 6) is 2.11. The molecule has 1 N–H and O–H groups in total. The number of aliphatic hydroxyl groups is 1. The number of benzene rings is 2. The molecule has 2 atom stereocenters. The third-order valence-corrected chi connectivity index (χ3v) is 6.99. The van der Waals surface area contributed by atoms with Crippen LogP contribution in [0.25, 0.3) is 11.0 Å². The molecule has 3 aromatic rings. The second-order valence-corrected chi connectivity index (χ2v) is 8.85. The Bertz CT molecular complexity index is 1030. The second kappa shape index (κ2) is 6.57. The lowest BCUT2D eigenvalue weighted by Gasteiger charge is -2.25. The van der Waals surface area contributed by atoms with E-state index in [4.69, 9.17) is 9.72 Å². The lowest BCUT2D eigenvalue weighted by Crippen LogP contribution is -2.26. The van der Waals surface area contributed by atoms with Crippen molar-refractivity contribution in [3.05, 3.63) is 52.8 Å².